The van der Waals surface area contributed by atoms with Crippen LogP contribution in [0.3, 0.4) is 0 Å². The van der Waals surface area contributed by atoms with Gasteiger partial charge in [0.05, 0.1) is 0 Å². The summed E-state index contributed by atoms with van der Waals surface area (Å²) in [5, 5.41) is 5.91. The highest BCUT2D eigenvalue weighted by Crippen LogP contribution is 2.08. The van der Waals surface area contributed by atoms with Crippen molar-refractivity contribution in [2.75, 3.05) is 26.7 Å². The summed E-state index contributed by atoms with van der Waals surface area (Å²) in [6.07, 6.45) is 1.36. The van der Waals surface area contributed by atoms with E-state index in [1.54, 1.807) is 4.90 Å². The maximum atomic E-state index is 12.2. The number of halogens is 1. The second kappa shape index (κ2) is 11.9. The van der Waals surface area contributed by atoms with Crippen LogP contribution in [0.1, 0.15) is 42.6 Å². The minimum atomic E-state index is 0. The lowest BCUT2D eigenvalue weighted by molar-refractivity contribution is -0.121. The van der Waals surface area contributed by atoms with Crippen molar-refractivity contribution in [2.45, 2.75) is 33.2 Å². The Morgan fingerprint density at radius 3 is 2.22 bits per heavy atom. The summed E-state index contributed by atoms with van der Waals surface area (Å²) in [7, 11) is 1.87. The average Bonchev–Trinajstić information content (AvgIpc) is 2.54. The first-order valence-corrected chi connectivity index (χ1v) is 7.91. The number of nitrogens with one attached hydrogen (secondary N) is 2. The van der Waals surface area contributed by atoms with Gasteiger partial charge in [-0.05, 0) is 51.6 Å². The van der Waals surface area contributed by atoms with E-state index in [-0.39, 0.29) is 24.2 Å². The maximum Gasteiger partial charge on any atom is 0.253 e. The van der Waals surface area contributed by atoms with E-state index in [0.717, 1.165) is 18.5 Å². The molecular weight excluding hydrogens is 314 g/mol. The first kappa shape index (κ1) is 21.4. The maximum absolute atomic E-state index is 12.2. The Labute approximate surface area is 145 Å². The number of amides is 2. The van der Waals surface area contributed by atoms with Crippen molar-refractivity contribution in [1.82, 2.24) is 15.5 Å². The van der Waals surface area contributed by atoms with Gasteiger partial charge in [-0.2, -0.15) is 0 Å². The Balaban J connectivity index is 0.00000484. The van der Waals surface area contributed by atoms with E-state index in [1.807, 2.05) is 45.2 Å². The van der Waals surface area contributed by atoms with Crippen LogP contribution >= 0.6 is 12.4 Å². The van der Waals surface area contributed by atoms with Gasteiger partial charge >= 0.3 is 0 Å². The molecule has 0 aliphatic heterocycles. The fourth-order valence-corrected chi connectivity index (χ4v) is 2.17. The first-order valence-electron chi connectivity index (χ1n) is 7.91. The van der Waals surface area contributed by atoms with E-state index >= 15 is 0 Å². The lowest BCUT2D eigenvalue weighted by atomic mass is 10.1. The molecule has 2 N–H and O–H groups in total. The van der Waals surface area contributed by atoms with Gasteiger partial charge in [0.1, 0.15) is 0 Å². The van der Waals surface area contributed by atoms with E-state index in [4.69, 9.17) is 0 Å². The Kier molecular flexibility index (Phi) is 11.1. The second-order valence-electron chi connectivity index (χ2n) is 5.16. The minimum absolute atomic E-state index is 0. The van der Waals surface area contributed by atoms with Gasteiger partial charge in [-0.25, -0.2) is 0 Å². The molecule has 1 aromatic carbocycles. The number of hydrogen-bond acceptors (Lipinski definition) is 3. The van der Waals surface area contributed by atoms with Crippen molar-refractivity contribution in [3.63, 3.8) is 0 Å². The monoisotopic (exact) mass is 341 g/mol. The quantitative estimate of drug-likeness (QED) is 0.677. The highest BCUT2D eigenvalue weighted by molar-refractivity contribution is 5.94. The van der Waals surface area contributed by atoms with E-state index in [9.17, 15) is 9.59 Å². The molecule has 0 aliphatic carbocycles. The molecule has 0 atom stereocenters. The molecule has 0 aromatic heterocycles. The molecule has 0 radical (unpaired) electrons. The molecule has 1 rings (SSSR count). The molecule has 0 bridgehead atoms. The summed E-state index contributed by atoms with van der Waals surface area (Å²) >= 11 is 0. The zero-order chi connectivity index (χ0) is 16.4. The third-order valence-electron chi connectivity index (χ3n) is 3.57. The molecule has 5 nitrogen and oxygen atoms in total. The van der Waals surface area contributed by atoms with Gasteiger partial charge in [0.25, 0.3) is 5.91 Å². The lowest BCUT2D eigenvalue weighted by Crippen LogP contribution is -2.30. The smallest absolute Gasteiger partial charge is 0.253 e. The Hall–Kier alpha value is -1.59. The summed E-state index contributed by atoms with van der Waals surface area (Å²) in [5.41, 5.74) is 1.69. The van der Waals surface area contributed by atoms with Gasteiger partial charge in [0.2, 0.25) is 5.91 Å². The highest BCUT2D eigenvalue weighted by Gasteiger charge is 2.11. The van der Waals surface area contributed by atoms with Gasteiger partial charge in [-0.15, -0.1) is 12.4 Å². The molecule has 1 aromatic rings. The van der Waals surface area contributed by atoms with Crippen molar-refractivity contribution in [3.05, 3.63) is 35.4 Å². The molecule has 0 fully saturated rings. The van der Waals surface area contributed by atoms with E-state index < -0.39 is 0 Å². The third-order valence-corrected chi connectivity index (χ3v) is 3.57. The summed E-state index contributed by atoms with van der Waals surface area (Å²) in [6.45, 7) is 6.70. The molecule has 23 heavy (non-hydrogen) atoms. The van der Waals surface area contributed by atoms with Gasteiger partial charge in [0.15, 0.2) is 0 Å². The number of hydrogen-bond donors (Lipinski definition) is 2. The molecule has 0 aliphatic rings. The molecule has 0 saturated carbocycles. The molecular formula is C17H28ClN3O2. The summed E-state index contributed by atoms with van der Waals surface area (Å²) in [6, 6.07) is 7.43. The molecule has 0 heterocycles. The van der Waals surface area contributed by atoms with Crippen molar-refractivity contribution in [1.29, 1.82) is 0 Å². The Morgan fingerprint density at radius 2 is 1.70 bits per heavy atom. The Bertz CT molecular complexity index is 473. The molecule has 0 spiro atoms. The number of rotatable bonds is 9. The number of carbonyl (C=O) groups is 2. The van der Waals surface area contributed by atoms with Crippen LogP contribution < -0.4 is 10.6 Å². The first-order chi connectivity index (χ1) is 10.6. The lowest BCUT2D eigenvalue weighted by Gasteiger charge is -2.18. The normalized spacial score (nSPS) is 9.87. The standard InChI is InChI=1S/C17H27N3O2.ClH/c1-4-20(5-2)17(22)15-10-8-14(9-11-15)13-19-16(21)7-6-12-18-3;/h8-11,18H,4-7,12-13H2,1-3H3,(H,19,21);1H. The molecule has 0 unspecified atom stereocenters. The van der Waals surface area contributed by atoms with Crippen LogP contribution in [0.2, 0.25) is 0 Å². The van der Waals surface area contributed by atoms with Crippen LogP contribution in [0, 0.1) is 0 Å². The van der Waals surface area contributed by atoms with Crippen LogP contribution in [0.15, 0.2) is 24.3 Å². The van der Waals surface area contributed by atoms with Crippen molar-refractivity contribution >= 4 is 24.2 Å². The zero-order valence-electron chi connectivity index (χ0n) is 14.2. The van der Waals surface area contributed by atoms with Crippen molar-refractivity contribution in [2.24, 2.45) is 0 Å². The molecule has 0 saturated heterocycles. The number of nitrogens with zero attached hydrogens (tertiary/aromatic N) is 1. The topological polar surface area (TPSA) is 61.4 Å². The largest absolute Gasteiger partial charge is 0.352 e. The molecule has 2 amide bonds. The van der Waals surface area contributed by atoms with Crippen LogP contribution in [-0.2, 0) is 11.3 Å². The van der Waals surface area contributed by atoms with Gasteiger partial charge in [0, 0.05) is 31.6 Å². The average molecular weight is 342 g/mol. The fourth-order valence-electron chi connectivity index (χ4n) is 2.17. The third kappa shape index (κ3) is 7.48. The summed E-state index contributed by atoms with van der Waals surface area (Å²) in [4.78, 5) is 25.6. The predicted octanol–water partition coefficient (Wildman–Crippen LogP) is 2.21. The van der Waals surface area contributed by atoms with Gasteiger partial charge < -0.3 is 15.5 Å². The van der Waals surface area contributed by atoms with Crippen LogP contribution in [-0.4, -0.2) is 43.4 Å². The van der Waals surface area contributed by atoms with Crippen LogP contribution in [0.5, 0.6) is 0 Å². The highest BCUT2D eigenvalue weighted by atomic mass is 35.5. The molecule has 130 valence electrons. The predicted molar refractivity (Wildman–Crippen MR) is 95.9 cm³/mol. The minimum Gasteiger partial charge on any atom is -0.352 e. The van der Waals surface area contributed by atoms with Crippen molar-refractivity contribution in [3.8, 4) is 0 Å². The second-order valence-corrected chi connectivity index (χ2v) is 5.16. The number of carbonyl (C=O) groups excluding carboxylic acids is 2. The SMILES string of the molecule is CCN(CC)C(=O)c1ccc(CNC(=O)CCCNC)cc1.Cl. The molecule has 6 heteroatoms. The van der Waals surface area contributed by atoms with Gasteiger partial charge in [-0.3, -0.25) is 9.59 Å². The van der Waals surface area contributed by atoms with E-state index in [1.165, 1.54) is 0 Å². The van der Waals surface area contributed by atoms with Crippen molar-refractivity contribution < 1.29 is 9.59 Å². The zero-order valence-corrected chi connectivity index (χ0v) is 15.0. The summed E-state index contributed by atoms with van der Waals surface area (Å²) < 4.78 is 0. The number of benzene rings is 1. The van der Waals surface area contributed by atoms with E-state index in [2.05, 4.69) is 10.6 Å². The summed E-state index contributed by atoms with van der Waals surface area (Å²) in [5.74, 6) is 0.103. The Morgan fingerprint density at radius 1 is 1.09 bits per heavy atom. The fraction of sp³-hybridized carbons (Fsp3) is 0.529. The van der Waals surface area contributed by atoms with E-state index in [0.29, 0.717) is 31.6 Å². The van der Waals surface area contributed by atoms with Gasteiger partial charge in [-0.1, -0.05) is 12.1 Å². The van der Waals surface area contributed by atoms with Crippen LogP contribution in [0.25, 0.3) is 0 Å². The van der Waals surface area contributed by atoms with Crippen LogP contribution in [0.4, 0.5) is 0 Å².